The van der Waals surface area contributed by atoms with Crippen LogP contribution in [0.5, 0.6) is 0 Å². The minimum atomic E-state index is -0.517. The molecule has 2 N–H and O–H groups in total. The van der Waals surface area contributed by atoms with Crippen LogP contribution in [0.1, 0.15) is 31.4 Å². The van der Waals surface area contributed by atoms with Crippen LogP contribution in [0, 0.1) is 5.92 Å². The Kier molecular flexibility index (Phi) is 4.27. The predicted octanol–water partition coefficient (Wildman–Crippen LogP) is 1.29. The molecule has 1 amide bonds. The summed E-state index contributed by atoms with van der Waals surface area (Å²) >= 11 is 0. The van der Waals surface area contributed by atoms with Crippen LogP contribution < -0.4 is 5.32 Å². The van der Waals surface area contributed by atoms with Gasteiger partial charge in [0.25, 0.3) is 0 Å². The molecule has 1 saturated carbocycles. The highest BCUT2D eigenvalue weighted by atomic mass is 16.5. The van der Waals surface area contributed by atoms with Crippen LogP contribution in [0.15, 0.2) is 22.8 Å². The largest absolute Gasteiger partial charge is 0.469 e. The lowest BCUT2D eigenvalue weighted by Gasteiger charge is -2.29. The number of rotatable bonds is 7. The van der Waals surface area contributed by atoms with Gasteiger partial charge in [-0.3, -0.25) is 4.79 Å². The Morgan fingerprint density at radius 2 is 2.47 bits per heavy atom. The Bertz CT molecular complexity index is 409. The third kappa shape index (κ3) is 3.36. The van der Waals surface area contributed by atoms with Crippen LogP contribution in [0.25, 0.3) is 0 Å². The molecule has 1 aromatic heterocycles. The minimum absolute atomic E-state index is 0.00870. The Morgan fingerprint density at radius 1 is 1.68 bits per heavy atom. The van der Waals surface area contributed by atoms with Gasteiger partial charge in [0.05, 0.1) is 18.4 Å². The van der Waals surface area contributed by atoms with Crippen LogP contribution in [0.4, 0.5) is 0 Å². The molecule has 1 heterocycles. The lowest BCUT2D eigenvalue weighted by molar-refractivity contribution is -0.125. The van der Waals surface area contributed by atoms with Gasteiger partial charge in [0, 0.05) is 25.6 Å². The highest BCUT2D eigenvalue weighted by Gasteiger charge is 2.47. The predicted molar refractivity (Wildman–Crippen MR) is 69.7 cm³/mol. The molecule has 0 aromatic carbocycles. The number of ether oxygens (including phenoxy) is 1. The Morgan fingerprint density at radius 3 is 3.05 bits per heavy atom. The lowest BCUT2D eigenvalue weighted by atomic mass is 9.99. The van der Waals surface area contributed by atoms with Crippen molar-refractivity contribution in [2.24, 2.45) is 5.92 Å². The van der Waals surface area contributed by atoms with E-state index in [0.29, 0.717) is 13.0 Å². The first-order valence-corrected chi connectivity index (χ1v) is 6.55. The van der Waals surface area contributed by atoms with Gasteiger partial charge >= 0.3 is 0 Å². The zero-order valence-corrected chi connectivity index (χ0v) is 11.4. The highest BCUT2D eigenvalue weighted by Crippen LogP contribution is 2.47. The molecule has 0 spiro atoms. The van der Waals surface area contributed by atoms with E-state index in [2.05, 4.69) is 5.32 Å². The SMILES string of the molecule is COCC(C)(CCO)NC(=O)C1CC1c1ccco1. The molecular weight excluding hydrogens is 246 g/mol. The number of methoxy groups -OCH3 is 1. The van der Waals surface area contributed by atoms with Crippen molar-refractivity contribution in [2.75, 3.05) is 20.3 Å². The number of furan rings is 1. The molecule has 2 rings (SSSR count). The molecule has 1 aliphatic rings. The average Bonchev–Trinajstić information content (AvgIpc) is 2.97. The van der Waals surface area contributed by atoms with Crippen LogP contribution in [-0.2, 0) is 9.53 Å². The summed E-state index contributed by atoms with van der Waals surface area (Å²) < 4.78 is 10.4. The lowest BCUT2D eigenvalue weighted by Crippen LogP contribution is -2.50. The van der Waals surface area contributed by atoms with E-state index in [4.69, 9.17) is 14.3 Å². The number of hydrogen-bond acceptors (Lipinski definition) is 4. The van der Waals surface area contributed by atoms with E-state index in [1.54, 1.807) is 13.4 Å². The number of carbonyl (C=O) groups excluding carboxylic acids is 1. The number of amides is 1. The summed E-state index contributed by atoms with van der Waals surface area (Å²) in [6, 6.07) is 3.74. The maximum atomic E-state index is 12.2. The molecule has 1 fully saturated rings. The van der Waals surface area contributed by atoms with Crippen molar-refractivity contribution >= 4 is 5.91 Å². The maximum Gasteiger partial charge on any atom is 0.224 e. The number of aliphatic hydroxyl groups is 1. The van der Waals surface area contributed by atoms with Gasteiger partial charge < -0.3 is 19.6 Å². The fourth-order valence-corrected chi connectivity index (χ4v) is 2.43. The number of carbonyl (C=O) groups is 1. The minimum Gasteiger partial charge on any atom is -0.469 e. The third-order valence-electron chi connectivity index (χ3n) is 3.59. The molecule has 3 atom stereocenters. The van der Waals surface area contributed by atoms with Crippen molar-refractivity contribution in [1.29, 1.82) is 0 Å². The second kappa shape index (κ2) is 5.75. The van der Waals surface area contributed by atoms with Crippen molar-refractivity contribution in [1.82, 2.24) is 5.32 Å². The zero-order chi connectivity index (χ0) is 13.9. The van der Waals surface area contributed by atoms with Gasteiger partial charge in [-0.1, -0.05) is 0 Å². The zero-order valence-electron chi connectivity index (χ0n) is 11.4. The van der Waals surface area contributed by atoms with E-state index in [9.17, 15) is 4.79 Å². The molecule has 106 valence electrons. The standard InChI is InChI=1S/C14H21NO4/c1-14(5-6-16,9-18-2)15-13(17)11-8-10(11)12-4-3-7-19-12/h3-4,7,10-11,16H,5-6,8-9H2,1-2H3,(H,15,17). The van der Waals surface area contributed by atoms with E-state index < -0.39 is 5.54 Å². The molecule has 1 aromatic rings. The molecule has 0 radical (unpaired) electrons. The van der Waals surface area contributed by atoms with Gasteiger partial charge in [0.1, 0.15) is 5.76 Å². The van der Waals surface area contributed by atoms with E-state index >= 15 is 0 Å². The second-order valence-corrected chi connectivity index (χ2v) is 5.42. The van der Waals surface area contributed by atoms with Crippen molar-refractivity contribution in [2.45, 2.75) is 31.2 Å². The van der Waals surface area contributed by atoms with E-state index in [0.717, 1.165) is 12.2 Å². The second-order valence-electron chi connectivity index (χ2n) is 5.42. The van der Waals surface area contributed by atoms with Gasteiger partial charge in [0.15, 0.2) is 0 Å². The van der Waals surface area contributed by atoms with Crippen LogP contribution in [-0.4, -0.2) is 36.9 Å². The Balaban J connectivity index is 1.90. The van der Waals surface area contributed by atoms with Crippen LogP contribution in [0.3, 0.4) is 0 Å². The summed E-state index contributed by atoms with van der Waals surface area (Å²) in [5.74, 6) is 1.04. The van der Waals surface area contributed by atoms with Crippen LogP contribution >= 0.6 is 0 Å². The molecule has 1 aliphatic carbocycles. The average molecular weight is 267 g/mol. The van der Waals surface area contributed by atoms with Crippen molar-refractivity contribution in [3.8, 4) is 0 Å². The first kappa shape index (κ1) is 14.1. The van der Waals surface area contributed by atoms with Gasteiger partial charge in [-0.05, 0) is 31.9 Å². The molecule has 0 bridgehead atoms. The van der Waals surface area contributed by atoms with E-state index in [1.807, 2.05) is 19.1 Å². The molecular formula is C14H21NO4. The normalized spacial score (nSPS) is 24.8. The third-order valence-corrected chi connectivity index (χ3v) is 3.59. The van der Waals surface area contributed by atoms with Gasteiger partial charge in [-0.2, -0.15) is 0 Å². The number of aliphatic hydroxyl groups excluding tert-OH is 1. The smallest absolute Gasteiger partial charge is 0.224 e. The Labute approximate surface area is 112 Å². The summed E-state index contributed by atoms with van der Waals surface area (Å²) in [5.41, 5.74) is -0.517. The molecule has 19 heavy (non-hydrogen) atoms. The Hall–Kier alpha value is -1.33. The van der Waals surface area contributed by atoms with Crippen molar-refractivity contribution < 1.29 is 19.1 Å². The van der Waals surface area contributed by atoms with Gasteiger partial charge in [-0.15, -0.1) is 0 Å². The number of nitrogens with one attached hydrogen (secondary N) is 1. The van der Waals surface area contributed by atoms with Crippen LogP contribution in [0.2, 0.25) is 0 Å². The molecule has 0 aliphatic heterocycles. The summed E-state index contributed by atoms with van der Waals surface area (Å²) in [7, 11) is 1.59. The topological polar surface area (TPSA) is 71.7 Å². The van der Waals surface area contributed by atoms with Crippen molar-refractivity contribution in [3.63, 3.8) is 0 Å². The van der Waals surface area contributed by atoms with Gasteiger partial charge in [-0.25, -0.2) is 0 Å². The monoisotopic (exact) mass is 267 g/mol. The molecule has 0 saturated heterocycles. The maximum absolute atomic E-state index is 12.2. The van der Waals surface area contributed by atoms with E-state index in [1.165, 1.54) is 0 Å². The fraction of sp³-hybridized carbons (Fsp3) is 0.643. The fourth-order valence-electron chi connectivity index (χ4n) is 2.43. The van der Waals surface area contributed by atoms with Gasteiger partial charge in [0.2, 0.25) is 5.91 Å². The quantitative estimate of drug-likeness (QED) is 0.781. The molecule has 5 heteroatoms. The molecule has 3 unspecified atom stereocenters. The summed E-state index contributed by atoms with van der Waals surface area (Å²) in [6.07, 6.45) is 2.93. The summed E-state index contributed by atoms with van der Waals surface area (Å²) in [6.45, 7) is 2.29. The van der Waals surface area contributed by atoms with E-state index in [-0.39, 0.29) is 24.3 Å². The first-order valence-electron chi connectivity index (χ1n) is 6.55. The highest BCUT2D eigenvalue weighted by molar-refractivity contribution is 5.83. The summed E-state index contributed by atoms with van der Waals surface area (Å²) in [4.78, 5) is 12.2. The van der Waals surface area contributed by atoms with Crippen molar-refractivity contribution in [3.05, 3.63) is 24.2 Å². The molecule has 5 nitrogen and oxygen atoms in total. The number of hydrogen-bond donors (Lipinski definition) is 2. The first-order chi connectivity index (χ1) is 9.09. The summed E-state index contributed by atoms with van der Waals surface area (Å²) in [5, 5.41) is 12.1.